The SMILES string of the molecule is CCNc1cc(NCCCS(C)(=O)=O)nc(COCC)n1. The van der Waals surface area contributed by atoms with E-state index in [-0.39, 0.29) is 5.75 Å². The zero-order valence-corrected chi connectivity index (χ0v) is 13.7. The van der Waals surface area contributed by atoms with E-state index < -0.39 is 9.84 Å². The first-order valence-electron chi connectivity index (χ1n) is 7.05. The van der Waals surface area contributed by atoms with Crippen molar-refractivity contribution in [2.45, 2.75) is 26.9 Å². The standard InChI is InChI=1S/C13H24N4O3S/c1-4-14-11-9-12(15-7-6-8-21(3,18)19)17-13(16-11)10-20-5-2/h9H,4-8,10H2,1-3H3,(H2,14,15,16,17). The average molecular weight is 316 g/mol. The number of hydrogen-bond acceptors (Lipinski definition) is 7. The molecule has 0 aliphatic rings. The van der Waals surface area contributed by atoms with Crippen LogP contribution in [0.5, 0.6) is 0 Å². The Balaban J connectivity index is 2.64. The van der Waals surface area contributed by atoms with Gasteiger partial charge in [0.25, 0.3) is 0 Å². The first kappa shape index (κ1) is 17.6. The van der Waals surface area contributed by atoms with Gasteiger partial charge in [0.15, 0.2) is 5.82 Å². The Morgan fingerprint density at radius 3 is 2.43 bits per heavy atom. The molecule has 8 heteroatoms. The molecule has 7 nitrogen and oxygen atoms in total. The van der Waals surface area contributed by atoms with Crippen LogP contribution >= 0.6 is 0 Å². The van der Waals surface area contributed by atoms with Crippen molar-refractivity contribution in [2.75, 3.05) is 42.3 Å². The molecule has 0 bridgehead atoms. The van der Waals surface area contributed by atoms with Gasteiger partial charge >= 0.3 is 0 Å². The van der Waals surface area contributed by atoms with Crippen LogP contribution in [0.3, 0.4) is 0 Å². The van der Waals surface area contributed by atoms with E-state index in [2.05, 4.69) is 20.6 Å². The monoisotopic (exact) mass is 316 g/mol. The second kappa shape index (κ2) is 8.78. The van der Waals surface area contributed by atoms with Crippen LogP contribution in [0.4, 0.5) is 11.6 Å². The van der Waals surface area contributed by atoms with Crippen LogP contribution in [0.1, 0.15) is 26.1 Å². The fourth-order valence-electron chi connectivity index (χ4n) is 1.67. The Kier molecular flexibility index (Phi) is 7.38. The third-order valence-corrected chi connectivity index (χ3v) is 3.59. The zero-order valence-electron chi connectivity index (χ0n) is 12.8. The molecule has 0 saturated carbocycles. The van der Waals surface area contributed by atoms with Crippen LogP contribution in [-0.4, -0.2) is 50.1 Å². The van der Waals surface area contributed by atoms with E-state index >= 15 is 0 Å². The number of anilines is 2. The molecule has 0 aliphatic carbocycles. The Morgan fingerprint density at radius 1 is 1.19 bits per heavy atom. The highest BCUT2D eigenvalue weighted by Crippen LogP contribution is 2.12. The lowest BCUT2D eigenvalue weighted by molar-refractivity contribution is 0.128. The van der Waals surface area contributed by atoms with Crippen molar-refractivity contribution in [1.29, 1.82) is 0 Å². The number of ether oxygens (including phenoxy) is 1. The minimum absolute atomic E-state index is 0.164. The zero-order chi connectivity index (χ0) is 15.7. The van der Waals surface area contributed by atoms with E-state index in [9.17, 15) is 8.42 Å². The summed E-state index contributed by atoms with van der Waals surface area (Å²) in [6.45, 7) is 6.17. The number of nitrogens with one attached hydrogen (secondary N) is 2. The normalized spacial score (nSPS) is 11.4. The predicted octanol–water partition coefficient (Wildman–Crippen LogP) is 1.29. The molecule has 0 unspecified atom stereocenters. The number of aromatic nitrogens is 2. The van der Waals surface area contributed by atoms with Gasteiger partial charge in [-0.2, -0.15) is 0 Å². The second-order valence-corrected chi connectivity index (χ2v) is 6.89. The van der Waals surface area contributed by atoms with Gasteiger partial charge < -0.3 is 15.4 Å². The maximum atomic E-state index is 11.1. The van der Waals surface area contributed by atoms with Crippen LogP contribution in [0, 0.1) is 0 Å². The van der Waals surface area contributed by atoms with Gasteiger partial charge in [0, 0.05) is 32.0 Å². The van der Waals surface area contributed by atoms with E-state index in [0.29, 0.717) is 37.8 Å². The summed E-state index contributed by atoms with van der Waals surface area (Å²) in [5.41, 5.74) is 0. The van der Waals surface area contributed by atoms with Crippen LogP contribution in [0.25, 0.3) is 0 Å². The van der Waals surface area contributed by atoms with E-state index in [0.717, 1.165) is 12.4 Å². The number of hydrogen-bond donors (Lipinski definition) is 2. The quantitative estimate of drug-likeness (QED) is 0.628. The molecule has 1 aromatic heterocycles. The molecule has 0 radical (unpaired) electrons. The Hall–Kier alpha value is -1.41. The van der Waals surface area contributed by atoms with Gasteiger partial charge in [-0.05, 0) is 20.3 Å². The van der Waals surface area contributed by atoms with Crippen molar-refractivity contribution in [2.24, 2.45) is 0 Å². The lowest BCUT2D eigenvalue weighted by Gasteiger charge is -2.10. The Morgan fingerprint density at radius 2 is 1.86 bits per heavy atom. The van der Waals surface area contributed by atoms with Crippen LogP contribution < -0.4 is 10.6 Å². The average Bonchev–Trinajstić information content (AvgIpc) is 2.41. The van der Waals surface area contributed by atoms with E-state index in [1.807, 2.05) is 13.8 Å². The highest BCUT2D eigenvalue weighted by molar-refractivity contribution is 7.90. The first-order valence-corrected chi connectivity index (χ1v) is 9.11. The van der Waals surface area contributed by atoms with Gasteiger partial charge in [0.05, 0.1) is 5.75 Å². The van der Waals surface area contributed by atoms with E-state index in [1.165, 1.54) is 6.26 Å². The molecule has 0 aromatic carbocycles. The summed E-state index contributed by atoms with van der Waals surface area (Å²) < 4.78 is 27.5. The van der Waals surface area contributed by atoms with Crippen molar-refractivity contribution in [3.8, 4) is 0 Å². The van der Waals surface area contributed by atoms with Crippen LogP contribution in [-0.2, 0) is 21.2 Å². The van der Waals surface area contributed by atoms with Crippen LogP contribution in [0.15, 0.2) is 6.07 Å². The third kappa shape index (κ3) is 7.81. The molecule has 0 aliphatic heterocycles. The highest BCUT2D eigenvalue weighted by Gasteiger charge is 2.05. The topological polar surface area (TPSA) is 93.2 Å². The van der Waals surface area contributed by atoms with Gasteiger partial charge in [-0.1, -0.05) is 0 Å². The van der Waals surface area contributed by atoms with Gasteiger partial charge in [0.1, 0.15) is 28.1 Å². The number of rotatable bonds is 10. The number of nitrogens with zero attached hydrogens (tertiary/aromatic N) is 2. The van der Waals surface area contributed by atoms with Crippen molar-refractivity contribution < 1.29 is 13.2 Å². The third-order valence-electron chi connectivity index (χ3n) is 2.56. The molecule has 2 N–H and O–H groups in total. The summed E-state index contributed by atoms with van der Waals surface area (Å²) in [6.07, 6.45) is 1.78. The Labute approximate surface area is 126 Å². The maximum absolute atomic E-state index is 11.1. The van der Waals surface area contributed by atoms with Crippen molar-refractivity contribution in [1.82, 2.24) is 9.97 Å². The summed E-state index contributed by atoms with van der Waals surface area (Å²) in [4.78, 5) is 8.70. The summed E-state index contributed by atoms with van der Waals surface area (Å²) in [7, 11) is -2.92. The fraction of sp³-hybridized carbons (Fsp3) is 0.692. The minimum atomic E-state index is -2.92. The highest BCUT2D eigenvalue weighted by atomic mass is 32.2. The molecule has 0 atom stereocenters. The summed E-state index contributed by atoms with van der Waals surface area (Å²) in [5.74, 6) is 2.16. The first-order chi connectivity index (χ1) is 9.94. The molecular formula is C13H24N4O3S. The van der Waals surface area contributed by atoms with E-state index in [4.69, 9.17) is 4.74 Å². The van der Waals surface area contributed by atoms with Crippen LogP contribution in [0.2, 0.25) is 0 Å². The van der Waals surface area contributed by atoms with Crippen molar-refractivity contribution >= 4 is 21.5 Å². The largest absolute Gasteiger partial charge is 0.374 e. The predicted molar refractivity (Wildman–Crippen MR) is 84.3 cm³/mol. The summed E-state index contributed by atoms with van der Waals surface area (Å²) in [5, 5.41) is 6.26. The smallest absolute Gasteiger partial charge is 0.158 e. The molecule has 0 spiro atoms. The van der Waals surface area contributed by atoms with Gasteiger partial charge in [0.2, 0.25) is 0 Å². The number of sulfone groups is 1. The molecule has 1 heterocycles. The van der Waals surface area contributed by atoms with Gasteiger partial charge in [-0.25, -0.2) is 18.4 Å². The molecule has 1 aromatic rings. The van der Waals surface area contributed by atoms with Crippen molar-refractivity contribution in [3.63, 3.8) is 0 Å². The fourth-order valence-corrected chi connectivity index (χ4v) is 2.34. The molecule has 21 heavy (non-hydrogen) atoms. The Bertz CT molecular complexity index is 534. The summed E-state index contributed by atoms with van der Waals surface area (Å²) in [6, 6.07) is 1.80. The molecule has 120 valence electrons. The minimum Gasteiger partial charge on any atom is -0.374 e. The molecular weight excluding hydrogens is 292 g/mol. The van der Waals surface area contributed by atoms with Gasteiger partial charge in [-0.15, -0.1) is 0 Å². The van der Waals surface area contributed by atoms with E-state index in [1.54, 1.807) is 6.07 Å². The molecule has 0 fully saturated rings. The maximum Gasteiger partial charge on any atom is 0.158 e. The molecule has 0 saturated heterocycles. The second-order valence-electron chi connectivity index (χ2n) is 4.63. The summed E-state index contributed by atoms with van der Waals surface area (Å²) >= 11 is 0. The molecule has 1 rings (SSSR count). The van der Waals surface area contributed by atoms with Gasteiger partial charge in [-0.3, -0.25) is 0 Å². The van der Waals surface area contributed by atoms with Crippen molar-refractivity contribution in [3.05, 3.63) is 11.9 Å². The lowest BCUT2D eigenvalue weighted by atomic mass is 10.4. The lowest BCUT2D eigenvalue weighted by Crippen LogP contribution is -2.12. The molecule has 0 amide bonds.